The molecular formula is C24H25ClN2O4S. The van der Waals surface area contributed by atoms with E-state index >= 15 is 0 Å². The SMILES string of the molecule is Cc1ccc(S(=O)(=O)Nc2cc(Cl)ccc2Oc2ccccc2)cc1C(=O)NCC(C)C. The molecule has 168 valence electrons. The van der Waals surface area contributed by atoms with Crippen molar-refractivity contribution in [3.8, 4) is 11.5 Å². The Kier molecular flexibility index (Phi) is 7.43. The van der Waals surface area contributed by atoms with Gasteiger partial charge in [0.05, 0.1) is 10.6 Å². The van der Waals surface area contributed by atoms with Gasteiger partial charge in [-0.3, -0.25) is 9.52 Å². The molecular weight excluding hydrogens is 448 g/mol. The number of anilines is 1. The molecule has 0 aliphatic heterocycles. The number of carbonyl (C=O) groups is 1. The van der Waals surface area contributed by atoms with Crippen molar-refractivity contribution in [2.75, 3.05) is 11.3 Å². The summed E-state index contributed by atoms with van der Waals surface area (Å²) in [4.78, 5) is 12.5. The van der Waals surface area contributed by atoms with Crippen molar-refractivity contribution in [1.82, 2.24) is 5.32 Å². The topological polar surface area (TPSA) is 84.5 Å². The molecule has 0 aliphatic rings. The molecule has 3 rings (SSSR count). The van der Waals surface area contributed by atoms with Crippen LogP contribution in [0.4, 0.5) is 5.69 Å². The minimum atomic E-state index is -4.02. The van der Waals surface area contributed by atoms with Gasteiger partial charge in [0, 0.05) is 17.1 Å². The first-order valence-electron chi connectivity index (χ1n) is 10.1. The van der Waals surface area contributed by atoms with E-state index in [1.807, 2.05) is 32.0 Å². The third-order valence-corrected chi connectivity index (χ3v) is 6.19. The number of benzene rings is 3. The summed E-state index contributed by atoms with van der Waals surface area (Å²) in [6.07, 6.45) is 0. The van der Waals surface area contributed by atoms with Crippen molar-refractivity contribution in [2.45, 2.75) is 25.7 Å². The summed E-state index contributed by atoms with van der Waals surface area (Å²) in [5.41, 5.74) is 1.18. The molecule has 0 saturated heterocycles. The van der Waals surface area contributed by atoms with Crippen LogP contribution in [0, 0.1) is 12.8 Å². The van der Waals surface area contributed by atoms with E-state index < -0.39 is 10.0 Å². The summed E-state index contributed by atoms with van der Waals surface area (Å²) in [6, 6.07) is 18.1. The van der Waals surface area contributed by atoms with E-state index in [-0.39, 0.29) is 22.4 Å². The highest BCUT2D eigenvalue weighted by molar-refractivity contribution is 7.92. The van der Waals surface area contributed by atoms with E-state index in [0.29, 0.717) is 34.2 Å². The molecule has 2 N–H and O–H groups in total. The van der Waals surface area contributed by atoms with Crippen molar-refractivity contribution in [3.05, 3.63) is 82.9 Å². The Morgan fingerprint density at radius 3 is 2.44 bits per heavy atom. The van der Waals surface area contributed by atoms with Crippen molar-refractivity contribution < 1.29 is 17.9 Å². The van der Waals surface area contributed by atoms with Gasteiger partial charge < -0.3 is 10.1 Å². The van der Waals surface area contributed by atoms with E-state index in [4.69, 9.17) is 16.3 Å². The van der Waals surface area contributed by atoms with Gasteiger partial charge in [-0.1, -0.05) is 49.7 Å². The standard InChI is InChI=1S/C24H25ClN2O4S/c1-16(2)15-26-24(28)21-14-20(11-9-17(21)3)32(29,30)27-22-13-18(25)10-12-23(22)31-19-7-5-4-6-8-19/h4-14,16,27H,15H2,1-3H3,(H,26,28). The van der Waals surface area contributed by atoms with Crippen LogP contribution in [0.5, 0.6) is 11.5 Å². The Hall–Kier alpha value is -3.03. The molecule has 1 amide bonds. The molecule has 0 fully saturated rings. The quantitative estimate of drug-likeness (QED) is 0.445. The van der Waals surface area contributed by atoms with Gasteiger partial charge in [0.1, 0.15) is 5.75 Å². The molecule has 3 aromatic rings. The Morgan fingerprint density at radius 1 is 1.03 bits per heavy atom. The lowest BCUT2D eigenvalue weighted by Gasteiger charge is -2.15. The van der Waals surface area contributed by atoms with E-state index in [2.05, 4.69) is 10.0 Å². The summed E-state index contributed by atoms with van der Waals surface area (Å²) in [7, 11) is -4.02. The van der Waals surface area contributed by atoms with Crippen molar-refractivity contribution >= 4 is 33.2 Å². The Labute approximate surface area is 193 Å². The normalized spacial score (nSPS) is 11.3. The minimum Gasteiger partial charge on any atom is -0.455 e. The van der Waals surface area contributed by atoms with Gasteiger partial charge in [-0.05, 0) is 60.9 Å². The van der Waals surface area contributed by atoms with Crippen molar-refractivity contribution in [3.63, 3.8) is 0 Å². The molecule has 0 saturated carbocycles. The number of sulfonamides is 1. The van der Waals surface area contributed by atoms with Gasteiger partial charge in [-0.15, -0.1) is 0 Å². The third kappa shape index (κ3) is 6.02. The largest absolute Gasteiger partial charge is 0.455 e. The van der Waals surface area contributed by atoms with Crippen molar-refractivity contribution in [2.24, 2.45) is 5.92 Å². The monoisotopic (exact) mass is 472 g/mol. The van der Waals surface area contributed by atoms with Crippen LogP contribution in [-0.4, -0.2) is 20.9 Å². The fraction of sp³-hybridized carbons (Fsp3) is 0.208. The number of hydrogen-bond acceptors (Lipinski definition) is 4. The average Bonchev–Trinajstić information content (AvgIpc) is 2.74. The van der Waals surface area contributed by atoms with Gasteiger partial charge in [0.2, 0.25) is 0 Å². The molecule has 6 nitrogen and oxygen atoms in total. The van der Waals surface area contributed by atoms with Gasteiger partial charge in [0.25, 0.3) is 15.9 Å². The van der Waals surface area contributed by atoms with Crippen LogP contribution in [0.2, 0.25) is 5.02 Å². The zero-order chi connectivity index (χ0) is 23.3. The van der Waals surface area contributed by atoms with Gasteiger partial charge >= 0.3 is 0 Å². The first kappa shape index (κ1) is 23.6. The highest BCUT2D eigenvalue weighted by Crippen LogP contribution is 2.33. The average molecular weight is 473 g/mol. The zero-order valence-electron chi connectivity index (χ0n) is 18.1. The second kappa shape index (κ2) is 10.1. The maximum Gasteiger partial charge on any atom is 0.262 e. The highest BCUT2D eigenvalue weighted by atomic mass is 35.5. The first-order valence-corrected chi connectivity index (χ1v) is 12.0. The number of rotatable bonds is 8. The molecule has 0 heterocycles. The fourth-order valence-corrected chi connectivity index (χ4v) is 4.15. The number of para-hydroxylation sites is 1. The number of ether oxygens (including phenoxy) is 1. The number of aryl methyl sites for hydroxylation is 1. The summed E-state index contributed by atoms with van der Waals surface area (Å²) in [5, 5.41) is 3.17. The van der Waals surface area contributed by atoms with E-state index in [1.165, 1.54) is 18.2 Å². The van der Waals surface area contributed by atoms with Crippen LogP contribution in [0.15, 0.2) is 71.6 Å². The molecule has 0 aromatic heterocycles. The van der Waals surface area contributed by atoms with E-state index in [9.17, 15) is 13.2 Å². The predicted molar refractivity (Wildman–Crippen MR) is 127 cm³/mol. The van der Waals surface area contributed by atoms with E-state index in [0.717, 1.165) is 0 Å². The van der Waals surface area contributed by atoms with Crippen LogP contribution in [0.3, 0.4) is 0 Å². The van der Waals surface area contributed by atoms with E-state index in [1.54, 1.807) is 37.3 Å². The molecule has 0 unspecified atom stereocenters. The first-order chi connectivity index (χ1) is 15.2. The van der Waals surface area contributed by atoms with Crippen LogP contribution in [0.1, 0.15) is 29.8 Å². The molecule has 0 bridgehead atoms. The summed E-state index contributed by atoms with van der Waals surface area (Å²) in [5.74, 6) is 0.809. The highest BCUT2D eigenvalue weighted by Gasteiger charge is 2.20. The van der Waals surface area contributed by atoms with Gasteiger partial charge in [-0.2, -0.15) is 0 Å². The molecule has 32 heavy (non-hydrogen) atoms. The predicted octanol–water partition coefficient (Wildman–Crippen LogP) is 5.63. The molecule has 8 heteroatoms. The number of carbonyl (C=O) groups excluding carboxylic acids is 1. The summed E-state index contributed by atoms with van der Waals surface area (Å²) >= 11 is 6.10. The van der Waals surface area contributed by atoms with Crippen molar-refractivity contribution in [1.29, 1.82) is 0 Å². The third-order valence-electron chi connectivity index (χ3n) is 4.59. The maximum atomic E-state index is 13.1. The molecule has 0 spiro atoms. The second-order valence-electron chi connectivity index (χ2n) is 7.74. The lowest BCUT2D eigenvalue weighted by Crippen LogP contribution is -2.28. The Bertz CT molecular complexity index is 1210. The second-order valence-corrected chi connectivity index (χ2v) is 9.86. The molecule has 3 aromatic carbocycles. The zero-order valence-corrected chi connectivity index (χ0v) is 19.6. The minimum absolute atomic E-state index is 0.0385. The Morgan fingerprint density at radius 2 is 1.75 bits per heavy atom. The molecule has 0 radical (unpaired) electrons. The Balaban J connectivity index is 1.90. The lowest BCUT2D eigenvalue weighted by atomic mass is 10.1. The van der Waals surface area contributed by atoms with Crippen LogP contribution in [-0.2, 0) is 10.0 Å². The summed E-state index contributed by atoms with van der Waals surface area (Å²) in [6.45, 7) is 6.23. The summed E-state index contributed by atoms with van der Waals surface area (Å²) < 4.78 is 34.6. The number of nitrogens with one attached hydrogen (secondary N) is 2. The van der Waals surface area contributed by atoms with Gasteiger partial charge in [0.15, 0.2) is 5.75 Å². The number of amides is 1. The van der Waals surface area contributed by atoms with Crippen LogP contribution < -0.4 is 14.8 Å². The smallest absolute Gasteiger partial charge is 0.262 e. The molecule has 0 atom stereocenters. The van der Waals surface area contributed by atoms with Gasteiger partial charge in [-0.25, -0.2) is 8.42 Å². The molecule has 0 aliphatic carbocycles. The fourth-order valence-electron chi connectivity index (χ4n) is 2.90. The lowest BCUT2D eigenvalue weighted by molar-refractivity contribution is 0.0948. The maximum absolute atomic E-state index is 13.1. The van der Waals surface area contributed by atoms with Crippen LogP contribution in [0.25, 0.3) is 0 Å². The van der Waals surface area contributed by atoms with Crippen LogP contribution >= 0.6 is 11.6 Å². The number of hydrogen-bond donors (Lipinski definition) is 2. The number of halogens is 1.